The van der Waals surface area contributed by atoms with Crippen molar-refractivity contribution in [3.05, 3.63) is 0 Å². The first-order valence-corrected chi connectivity index (χ1v) is 6.67. The number of hydrogen-bond acceptors (Lipinski definition) is 2. The van der Waals surface area contributed by atoms with Gasteiger partial charge in [0.15, 0.2) is 0 Å². The van der Waals surface area contributed by atoms with Crippen LogP contribution >= 0.6 is 0 Å². The summed E-state index contributed by atoms with van der Waals surface area (Å²) in [6.45, 7) is 4.61. The van der Waals surface area contributed by atoms with Crippen molar-refractivity contribution in [2.24, 2.45) is 5.92 Å². The minimum atomic E-state index is 0.140. The summed E-state index contributed by atoms with van der Waals surface area (Å²) in [5.41, 5.74) is 0. The number of hydrogen-bond donors (Lipinski definition) is 1. The van der Waals surface area contributed by atoms with E-state index in [0.29, 0.717) is 5.78 Å². The van der Waals surface area contributed by atoms with Gasteiger partial charge >= 0.3 is 73.2 Å². The van der Waals surface area contributed by atoms with E-state index in [9.17, 15) is 4.79 Å². The molecule has 0 amide bonds. The number of Topliss-reactive ketones (excluding diaryl/α,β-unsaturated/α-hetero) is 1. The van der Waals surface area contributed by atoms with Crippen LogP contribution in [0.15, 0.2) is 0 Å². The average molecular weight is 256 g/mol. The van der Waals surface area contributed by atoms with Crippen LogP contribution in [0.5, 0.6) is 0 Å². The fourth-order valence-corrected chi connectivity index (χ4v) is 1.72. The molecular formula is C7H15INO-. The molecule has 0 saturated carbocycles. The molecule has 0 aromatic carbocycles. The zero-order valence-electron chi connectivity index (χ0n) is 6.78. The van der Waals surface area contributed by atoms with Crippen LogP contribution in [-0.4, -0.2) is 17.3 Å². The number of ketones is 1. The molecule has 0 fully saturated rings. The summed E-state index contributed by atoms with van der Waals surface area (Å²) in [6.07, 6.45) is 0.964. The molecule has 0 spiro atoms. The first kappa shape index (κ1) is 10.4. The van der Waals surface area contributed by atoms with E-state index in [1.165, 1.54) is 0 Å². The van der Waals surface area contributed by atoms with Gasteiger partial charge in [0.25, 0.3) is 0 Å². The van der Waals surface area contributed by atoms with E-state index in [1.54, 1.807) is 6.92 Å². The number of rotatable bonds is 5. The third-order valence-corrected chi connectivity index (χ3v) is 2.73. The number of nitrogens with one attached hydrogen (secondary N) is 1. The Balaban J connectivity index is 3.50. The zero-order chi connectivity index (χ0) is 7.98. The quantitative estimate of drug-likeness (QED) is 0.344. The Morgan fingerprint density at radius 2 is 2.30 bits per heavy atom. The molecule has 0 aromatic heterocycles. The van der Waals surface area contributed by atoms with Crippen molar-refractivity contribution in [1.82, 2.24) is 3.53 Å². The van der Waals surface area contributed by atoms with E-state index in [-0.39, 0.29) is 27.4 Å². The van der Waals surface area contributed by atoms with Gasteiger partial charge in [-0.2, -0.15) is 0 Å². The molecule has 1 N–H and O–H groups in total. The molecule has 0 radical (unpaired) electrons. The maximum absolute atomic E-state index is 10.9. The van der Waals surface area contributed by atoms with E-state index in [2.05, 4.69) is 15.4 Å². The first-order valence-electron chi connectivity index (χ1n) is 3.44. The van der Waals surface area contributed by atoms with Gasteiger partial charge in [-0.25, -0.2) is 0 Å². The molecule has 0 aliphatic carbocycles. The normalized spacial score (nSPS) is 13.5. The molecule has 62 valence electrons. The molecule has 0 saturated heterocycles. The van der Waals surface area contributed by atoms with Gasteiger partial charge in [-0.1, -0.05) is 0 Å². The monoisotopic (exact) mass is 256 g/mol. The Kier molecular flexibility index (Phi) is 6.31. The molecule has 0 rings (SSSR count). The van der Waals surface area contributed by atoms with Crippen molar-refractivity contribution < 1.29 is 26.3 Å². The van der Waals surface area contributed by atoms with Crippen LogP contribution in [0.1, 0.15) is 20.3 Å². The molecule has 2 nitrogen and oxygen atoms in total. The summed E-state index contributed by atoms with van der Waals surface area (Å²) in [5.74, 6) is 0.562. The molecular weight excluding hydrogens is 241 g/mol. The fraction of sp³-hybridized carbons (Fsp3) is 0.857. The molecule has 0 heterocycles. The van der Waals surface area contributed by atoms with Crippen molar-refractivity contribution in [2.45, 2.75) is 20.3 Å². The summed E-state index contributed by atoms with van der Waals surface area (Å²) >= 11 is 0.140. The van der Waals surface area contributed by atoms with Crippen LogP contribution in [0.25, 0.3) is 0 Å². The number of carbonyl (C=O) groups excluding carboxylic acids is 1. The van der Waals surface area contributed by atoms with E-state index in [1.807, 2.05) is 0 Å². The molecule has 10 heavy (non-hydrogen) atoms. The number of halogens is 1. The molecule has 3 heteroatoms. The topological polar surface area (TPSA) is 29.1 Å². The summed E-state index contributed by atoms with van der Waals surface area (Å²) in [5, 5.41) is 0. The SMILES string of the molecule is CCC(CN[I-]C)C(C)=O. The van der Waals surface area contributed by atoms with Gasteiger partial charge in [-0.15, -0.1) is 0 Å². The van der Waals surface area contributed by atoms with Gasteiger partial charge < -0.3 is 0 Å². The van der Waals surface area contributed by atoms with E-state index < -0.39 is 0 Å². The minimum absolute atomic E-state index is 0.140. The summed E-state index contributed by atoms with van der Waals surface area (Å²) in [4.78, 5) is 13.0. The van der Waals surface area contributed by atoms with Crippen LogP contribution in [0.3, 0.4) is 0 Å². The van der Waals surface area contributed by atoms with Crippen LogP contribution in [0.4, 0.5) is 0 Å². The Hall–Kier alpha value is 0.360. The van der Waals surface area contributed by atoms with Crippen LogP contribution < -0.4 is 25.0 Å². The fourth-order valence-electron chi connectivity index (χ4n) is 0.746. The van der Waals surface area contributed by atoms with Crippen LogP contribution in [-0.2, 0) is 4.79 Å². The van der Waals surface area contributed by atoms with Gasteiger partial charge in [-0.3, -0.25) is 0 Å². The van der Waals surface area contributed by atoms with Gasteiger partial charge in [-0.05, 0) is 0 Å². The van der Waals surface area contributed by atoms with Crippen LogP contribution in [0.2, 0.25) is 0 Å². The van der Waals surface area contributed by atoms with E-state index in [0.717, 1.165) is 13.0 Å². The number of alkyl halides is 1. The molecule has 0 aliphatic heterocycles. The molecule has 0 aliphatic rings. The first-order chi connectivity index (χ1) is 4.72. The summed E-state index contributed by atoms with van der Waals surface area (Å²) in [7, 11) is 0. The van der Waals surface area contributed by atoms with Gasteiger partial charge in [0, 0.05) is 0 Å². The predicted octanol–water partition coefficient (Wildman–Crippen LogP) is -2.17. The van der Waals surface area contributed by atoms with E-state index >= 15 is 0 Å². The second-order valence-electron chi connectivity index (χ2n) is 2.24. The molecule has 1 atom stereocenters. The Morgan fingerprint density at radius 1 is 1.70 bits per heavy atom. The van der Waals surface area contributed by atoms with Crippen molar-refractivity contribution in [2.75, 3.05) is 11.5 Å². The van der Waals surface area contributed by atoms with Crippen molar-refractivity contribution in [1.29, 1.82) is 0 Å². The number of carbonyl (C=O) groups is 1. The predicted molar refractivity (Wildman–Crippen MR) is 38.4 cm³/mol. The van der Waals surface area contributed by atoms with Crippen molar-refractivity contribution >= 4 is 5.78 Å². The second-order valence-corrected chi connectivity index (χ2v) is 4.08. The summed E-state index contributed by atoms with van der Waals surface area (Å²) < 4.78 is 3.27. The Bertz CT molecular complexity index is 106. The second kappa shape index (κ2) is 6.09. The average Bonchev–Trinajstić information content (AvgIpc) is 1.89. The third kappa shape index (κ3) is 4.22. The summed E-state index contributed by atoms with van der Waals surface area (Å²) in [6, 6.07) is 0. The molecule has 0 bridgehead atoms. The van der Waals surface area contributed by atoms with Gasteiger partial charge in [0.2, 0.25) is 0 Å². The van der Waals surface area contributed by atoms with Crippen molar-refractivity contribution in [3.63, 3.8) is 0 Å². The third-order valence-electron chi connectivity index (χ3n) is 1.52. The van der Waals surface area contributed by atoms with Gasteiger partial charge in [0.05, 0.1) is 0 Å². The molecule has 1 unspecified atom stereocenters. The maximum atomic E-state index is 10.9. The standard InChI is InChI=1S/C7H15INO/c1-4-7(6(2)10)5-9-8-3/h7,9H,4-5H2,1-3H3/q-1. The Morgan fingerprint density at radius 3 is 2.60 bits per heavy atom. The Labute approximate surface area is 73.4 Å². The zero-order valence-corrected chi connectivity index (χ0v) is 8.94. The van der Waals surface area contributed by atoms with Crippen molar-refractivity contribution in [3.8, 4) is 0 Å². The molecule has 0 aromatic rings. The van der Waals surface area contributed by atoms with E-state index in [4.69, 9.17) is 0 Å². The van der Waals surface area contributed by atoms with Gasteiger partial charge in [0.1, 0.15) is 0 Å². The van der Waals surface area contributed by atoms with Crippen LogP contribution in [0, 0.1) is 5.92 Å².